The highest BCUT2D eigenvalue weighted by Crippen LogP contribution is 2.50. The molecule has 3 aromatic rings. The van der Waals surface area contributed by atoms with Crippen LogP contribution in [0.5, 0.6) is 34.5 Å². The first kappa shape index (κ1) is 18.3. The Kier molecular flexibility index (Phi) is 4.98. The lowest BCUT2D eigenvalue weighted by atomic mass is 9.96. The maximum absolute atomic E-state index is 9.89. The van der Waals surface area contributed by atoms with Gasteiger partial charge in [-0.05, 0) is 41.5 Å². The summed E-state index contributed by atoms with van der Waals surface area (Å²) >= 11 is 0. The molecule has 0 aromatic heterocycles. The van der Waals surface area contributed by atoms with Gasteiger partial charge in [-0.2, -0.15) is 0 Å². The molecule has 140 valence electrons. The molecular formula is C21H20O6. The smallest absolute Gasteiger partial charge is 0.172 e. The van der Waals surface area contributed by atoms with Crippen molar-refractivity contribution < 1.29 is 29.5 Å². The molecule has 0 unspecified atom stereocenters. The Morgan fingerprint density at radius 3 is 1.81 bits per heavy atom. The summed E-state index contributed by atoms with van der Waals surface area (Å²) in [6.45, 7) is 0. The Morgan fingerprint density at radius 1 is 0.630 bits per heavy atom. The van der Waals surface area contributed by atoms with E-state index in [1.807, 2.05) is 0 Å². The number of phenolic OH excluding ortho intramolecular Hbond substituents is 3. The summed E-state index contributed by atoms with van der Waals surface area (Å²) in [6.07, 6.45) is 0. The summed E-state index contributed by atoms with van der Waals surface area (Å²) < 4.78 is 16.8. The van der Waals surface area contributed by atoms with Crippen LogP contribution < -0.4 is 14.2 Å². The standard InChI is InChI=1S/C21H20O6/c1-25-18-11-15(12-4-7-14(22)8-5-12)20(26-2)21(27-3)19(18)13-6-9-16(23)17(24)10-13/h4-11,22-24H,1-3H3. The van der Waals surface area contributed by atoms with Crippen LogP contribution in [0.1, 0.15) is 0 Å². The largest absolute Gasteiger partial charge is 0.508 e. The fraction of sp³-hybridized carbons (Fsp3) is 0.143. The van der Waals surface area contributed by atoms with Crippen LogP contribution in [0, 0.1) is 0 Å². The van der Waals surface area contributed by atoms with Crippen LogP contribution in [0.25, 0.3) is 22.3 Å². The normalized spacial score (nSPS) is 10.5. The van der Waals surface area contributed by atoms with E-state index < -0.39 is 0 Å². The fourth-order valence-corrected chi connectivity index (χ4v) is 2.98. The molecule has 0 fully saturated rings. The molecular weight excluding hydrogens is 348 g/mol. The van der Waals surface area contributed by atoms with Crippen LogP contribution in [0.3, 0.4) is 0 Å². The Hall–Kier alpha value is -3.54. The molecule has 0 spiro atoms. The highest BCUT2D eigenvalue weighted by atomic mass is 16.5. The van der Waals surface area contributed by atoms with Crippen LogP contribution in [0.4, 0.5) is 0 Å². The van der Waals surface area contributed by atoms with Crippen molar-refractivity contribution in [3.8, 4) is 56.8 Å². The number of ether oxygens (including phenoxy) is 3. The fourth-order valence-electron chi connectivity index (χ4n) is 2.98. The van der Waals surface area contributed by atoms with Crippen LogP contribution >= 0.6 is 0 Å². The Balaban J connectivity index is 2.31. The van der Waals surface area contributed by atoms with E-state index in [-0.39, 0.29) is 17.2 Å². The van der Waals surface area contributed by atoms with Gasteiger partial charge in [-0.3, -0.25) is 0 Å². The Labute approximate surface area is 156 Å². The minimum atomic E-state index is -0.252. The third kappa shape index (κ3) is 3.29. The second kappa shape index (κ2) is 7.37. The molecule has 0 aliphatic carbocycles. The lowest BCUT2D eigenvalue weighted by Crippen LogP contribution is -1.99. The van der Waals surface area contributed by atoms with Crippen LogP contribution in [0.2, 0.25) is 0 Å². The molecule has 6 heteroatoms. The molecule has 0 atom stereocenters. The number of hydrogen-bond donors (Lipinski definition) is 3. The minimum absolute atomic E-state index is 0.160. The van der Waals surface area contributed by atoms with Crippen molar-refractivity contribution in [1.29, 1.82) is 0 Å². The maximum atomic E-state index is 9.89. The third-order valence-corrected chi connectivity index (χ3v) is 4.27. The molecule has 0 heterocycles. The molecule has 27 heavy (non-hydrogen) atoms. The van der Waals surface area contributed by atoms with Gasteiger partial charge in [0.1, 0.15) is 11.5 Å². The minimum Gasteiger partial charge on any atom is -0.508 e. The summed E-state index contributed by atoms with van der Waals surface area (Å²) in [7, 11) is 4.58. The molecule has 0 saturated carbocycles. The zero-order valence-electron chi connectivity index (χ0n) is 15.2. The van der Waals surface area contributed by atoms with Gasteiger partial charge in [0.2, 0.25) is 0 Å². The molecule has 3 N–H and O–H groups in total. The predicted octanol–water partition coefficient (Wildman–Crippen LogP) is 4.16. The second-order valence-corrected chi connectivity index (χ2v) is 5.82. The van der Waals surface area contributed by atoms with Crippen molar-refractivity contribution >= 4 is 0 Å². The number of hydrogen-bond acceptors (Lipinski definition) is 6. The highest BCUT2D eigenvalue weighted by molar-refractivity contribution is 5.88. The number of methoxy groups -OCH3 is 3. The molecule has 3 rings (SSSR count). The molecule has 0 amide bonds. The van der Waals surface area contributed by atoms with Gasteiger partial charge >= 0.3 is 0 Å². The van der Waals surface area contributed by atoms with Crippen LogP contribution in [-0.4, -0.2) is 36.6 Å². The molecule has 0 bridgehead atoms. The van der Waals surface area contributed by atoms with Crippen molar-refractivity contribution in [3.63, 3.8) is 0 Å². The van der Waals surface area contributed by atoms with Crippen molar-refractivity contribution in [3.05, 3.63) is 48.5 Å². The zero-order chi connectivity index (χ0) is 19.6. The summed E-state index contributed by atoms with van der Waals surface area (Å²) in [5.74, 6) is 1.09. The van der Waals surface area contributed by atoms with Crippen LogP contribution in [-0.2, 0) is 0 Å². The maximum Gasteiger partial charge on any atom is 0.172 e. The lowest BCUT2D eigenvalue weighted by Gasteiger charge is -2.20. The van der Waals surface area contributed by atoms with E-state index in [1.54, 1.807) is 36.4 Å². The van der Waals surface area contributed by atoms with E-state index in [2.05, 4.69) is 0 Å². The number of aromatic hydroxyl groups is 3. The van der Waals surface area contributed by atoms with Gasteiger partial charge in [0.05, 0.1) is 26.9 Å². The molecule has 0 radical (unpaired) electrons. The Morgan fingerprint density at radius 2 is 1.26 bits per heavy atom. The van der Waals surface area contributed by atoms with Gasteiger partial charge in [0.15, 0.2) is 23.0 Å². The molecule has 0 saturated heterocycles. The zero-order valence-corrected chi connectivity index (χ0v) is 15.2. The summed E-state index contributed by atoms with van der Waals surface area (Å²) in [5, 5.41) is 29.0. The summed E-state index contributed by atoms with van der Waals surface area (Å²) in [4.78, 5) is 0. The highest BCUT2D eigenvalue weighted by Gasteiger charge is 2.23. The molecule has 3 aromatic carbocycles. The van der Waals surface area contributed by atoms with Crippen molar-refractivity contribution in [2.75, 3.05) is 21.3 Å². The van der Waals surface area contributed by atoms with Crippen molar-refractivity contribution in [1.82, 2.24) is 0 Å². The van der Waals surface area contributed by atoms with Gasteiger partial charge in [-0.1, -0.05) is 18.2 Å². The Bertz CT molecular complexity index is 963. The first-order valence-corrected chi connectivity index (χ1v) is 8.14. The first-order valence-electron chi connectivity index (χ1n) is 8.14. The monoisotopic (exact) mass is 368 g/mol. The third-order valence-electron chi connectivity index (χ3n) is 4.27. The van der Waals surface area contributed by atoms with Gasteiger partial charge < -0.3 is 29.5 Å². The number of phenols is 3. The SMILES string of the molecule is COc1cc(-c2ccc(O)cc2)c(OC)c(OC)c1-c1ccc(O)c(O)c1. The van der Waals surface area contributed by atoms with Gasteiger partial charge in [-0.25, -0.2) is 0 Å². The molecule has 6 nitrogen and oxygen atoms in total. The summed E-state index contributed by atoms with van der Waals surface area (Å²) in [5.41, 5.74) is 2.70. The second-order valence-electron chi connectivity index (χ2n) is 5.82. The van der Waals surface area contributed by atoms with E-state index in [4.69, 9.17) is 14.2 Å². The quantitative estimate of drug-likeness (QED) is 0.586. The number of rotatable bonds is 5. The van der Waals surface area contributed by atoms with Gasteiger partial charge in [0, 0.05) is 5.56 Å². The first-order chi connectivity index (χ1) is 13.0. The van der Waals surface area contributed by atoms with E-state index in [0.29, 0.717) is 28.4 Å². The topological polar surface area (TPSA) is 88.4 Å². The average Bonchev–Trinajstić information content (AvgIpc) is 2.69. The van der Waals surface area contributed by atoms with E-state index >= 15 is 0 Å². The van der Waals surface area contributed by atoms with E-state index in [1.165, 1.54) is 33.5 Å². The van der Waals surface area contributed by atoms with E-state index in [9.17, 15) is 15.3 Å². The average molecular weight is 368 g/mol. The van der Waals surface area contributed by atoms with Crippen molar-refractivity contribution in [2.45, 2.75) is 0 Å². The van der Waals surface area contributed by atoms with Gasteiger partial charge in [0.25, 0.3) is 0 Å². The van der Waals surface area contributed by atoms with Gasteiger partial charge in [-0.15, -0.1) is 0 Å². The molecule has 0 aliphatic heterocycles. The predicted molar refractivity (Wildman–Crippen MR) is 102 cm³/mol. The molecule has 0 aliphatic rings. The number of benzene rings is 3. The van der Waals surface area contributed by atoms with E-state index in [0.717, 1.165) is 11.1 Å². The van der Waals surface area contributed by atoms with Crippen LogP contribution in [0.15, 0.2) is 48.5 Å². The summed E-state index contributed by atoms with van der Waals surface area (Å²) in [6, 6.07) is 13.0. The van der Waals surface area contributed by atoms with Crippen molar-refractivity contribution in [2.24, 2.45) is 0 Å². The lowest BCUT2D eigenvalue weighted by molar-refractivity contribution is 0.352.